The Labute approximate surface area is 182 Å². The lowest BCUT2D eigenvalue weighted by molar-refractivity contribution is -0.384. The molecule has 0 unspecified atom stereocenters. The van der Waals surface area contributed by atoms with Crippen LogP contribution in [0.15, 0.2) is 42.5 Å². The molecule has 0 bridgehead atoms. The summed E-state index contributed by atoms with van der Waals surface area (Å²) < 4.78 is 0. The number of nitrogens with zero attached hydrogens (tertiary/aromatic N) is 2. The highest BCUT2D eigenvalue weighted by Gasteiger charge is 2.34. The number of halogens is 2. The summed E-state index contributed by atoms with van der Waals surface area (Å²) in [6.07, 6.45) is 1.75. The van der Waals surface area contributed by atoms with Crippen molar-refractivity contribution in [3.8, 4) is 0 Å². The minimum Gasteiger partial charge on any atom is -0.359 e. The van der Waals surface area contributed by atoms with Crippen LogP contribution in [-0.2, 0) is 11.3 Å². The number of hydrogen-bond acceptors (Lipinski definition) is 3. The van der Waals surface area contributed by atoms with Gasteiger partial charge < -0.3 is 9.88 Å². The van der Waals surface area contributed by atoms with E-state index in [0.29, 0.717) is 26.9 Å². The fraction of sp³-hybridized carbons (Fsp3) is 0.136. The number of H-pyrrole nitrogens is 1. The van der Waals surface area contributed by atoms with Crippen molar-refractivity contribution in [2.45, 2.75) is 20.4 Å². The molecule has 2 aromatic carbocycles. The van der Waals surface area contributed by atoms with Crippen LogP contribution >= 0.6 is 23.2 Å². The minimum absolute atomic E-state index is 0.0665. The first-order chi connectivity index (χ1) is 14.2. The molecule has 1 amide bonds. The number of nitrogens with one attached hydrogen (secondary N) is 1. The quantitative estimate of drug-likeness (QED) is 0.309. The Balaban J connectivity index is 1.82. The first-order valence-corrected chi connectivity index (χ1v) is 9.92. The van der Waals surface area contributed by atoms with Crippen LogP contribution in [0.2, 0.25) is 10.0 Å². The molecule has 4 rings (SSSR count). The maximum absolute atomic E-state index is 13.3. The summed E-state index contributed by atoms with van der Waals surface area (Å²) in [5.41, 5.74) is 5.03. The van der Waals surface area contributed by atoms with Gasteiger partial charge in [0.15, 0.2) is 0 Å². The zero-order valence-corrected chi connectivity index (χ0v) is 17.7. The number of non-ortho nitro benzene ring substituents is 1. The molecular weight excluding hydrogens is 425 g/mol. The van der Waals surface area contributed by atoms with Gasteiger partial charge in [-0.3, -0.25) is 14.9 Å². The number of aromatic amines is 1. The highest BCUT2D eigenvalue weighted by Crippen LogP contribution is 2.41. The molecule has 1 aliphatic heterocycles. The van der Waals surface area contributed by atoms with Crippen molar-refractivity contribution in [2.75, 3.05) is 4.90 Å². The van der Waals surface area contributed by atoms with Gasteiger partial charge in [-0.15, -0.1) is 0 Å². The number of hydrogen-bond donors (Lipinski definition) is 1. The molecule has 8 heteroatoms. The Kier molecular flexibility index (Phi) is 5.13. The first kappa shape index (κ1) is 20.2. The van der Waals surface area contributed by atoms with Crippen LogP contribution < -0.4 is 4.90 Å². The first-order valence-electron chi connectivity index (χ1n) is 9.17. The molecule has 0 saturated carbocycles. The molecule has 1 aliphatic rings. The molecule has 0 radical (unpaired) electrons. The van der Waals surface area contributed by atoms with Crippen molar-refractivity contribution in [1.82, 2.24) is 4.98 Å². The van der Waals surface area contributed by atoms with E-state index in [4.69, 9.17) is 23.2 Å². The summed E-state index contributed by atoms with van der Waals surface area (Å²) in [7, 11) is 0. The maximum Gasteiger partial charge on any atom is 0.270 e. The van der Waals surface area contributed by atoms with Crippen molar-refractivity contribution in [3.63, 3.8) is 0 Å². The lowest BCUT2D eigenvalue weighted by Gasteiger charge is -2.17. The highest BCUT2D eigenvalue weighted by atomic mass is 35.5. The summed E-state index contributed by atoms with van der Waals surface area (Å²) in [6.45, 7) is 4.14. The zero-order chi connectivity index (χ0) is 21.6. The number of nitro groups is 1. The van der Waals surface area contributed by atoms with Crippen LogP contribution in [0.1, 0.15) is 28.1 Å². The van der Waals surface area contributed by atoms with E-state index in [1.807, 2.05) is 19.9 Å². The molecule has 0 saturated heterocycles. The Morgan fingerprint density at radius 1 is 1.10 bits per heavy atom. The van der Waals surface area contributed by atoms with Crippen molar-refractivity contribution in [2.24, 2.45) is 0 Å². The topological polar surface area (TPSA) is 79.2 Å². The monoisotopic (exact) mass is 441 g/mol. The Morgan fingerprint density at radius 3 is 2.50 bits per heavy atom. The highest BCUT2D eigenvalue weighted by molar-refractivity contribution is 6.42. The van der Waals surface area contributed by atoms with Gasteiger partial charge in [0.25, 0.3) is 11.6 Å². The van der Waals surface area contributed by atoms with Crippen LogP contribution in [0.5, 0.6) is 0 Å². The van der Waals surface area contributed by atoms with E-state index in [1.54, 1.807) is 35.2 Å². The second kappa shape index (κ2) is 7.63. The van der Waals surface area contributed by atoms with E-state index < -0.39 is 4.92 Å². The summed E-state index contributed by atoms with van der Waals surface area (Å²) in [5, 5.41) is 12.1. The number of aromatic nitrogens is 1. The smallest absolute Gasteiger partial charge is 0.270 e. The fourth-order valence-electron chi connectivity index (χ4n) is 3.62. The molecule has 1 N–H and O–H groups in total. The van der Waals surface area contributed by atoms with Crippen molar-refractivity contribution in [3.05, 3.63) is 90.7 Å². The van der Waals surface area contributed by atoms with E-state index in [-0.39, 0.29) is 18.1 Å². The van der Waals surface area contributed by atoms with Crippen LogP contribution in [0.3, 0.4) is 0 Å². The maximum atomic E-state index is 13.3. The number of fused-ring (bicyclic) bond motifs is 1. The van der Waals surface area contributed by atoms with Crippen LogP contribution in [-0.4, -0.2) is 15.8 Å². The summed E-state index contributed by atoms with van der Waals surface area (Å²) in [5.74, 6) is -0.233. The van der Waals surface area contributed by atoms with E-state index in [9.17, 15) is 14.9 Å². The standard InChI is InChI=1S/C22H17Cl2N3O3/c1-12-7-13(2)25-20(12)10-17-16-9-15(27(29)30)4-6-21(16)26(22(17)28)11-14-3-5-18(23)19(24)8-14/h3-10,25H,11H2,1-2H3. The van der Waals surface area contributed by atoms with E-state index in [2.05, 4.69) is 4.98 Å². The van der Waals surface area contributed by atoms with Gasteiger partial charge in [-0.05, 0) is 55.3 Å². The average Bonchev–Trinajstić information content (AvgIpc) is 3.15. The number of aryl methyl sites for hydroxylation is 2. The molecule has 2 heterocycles. The molecular formula is C22H17Cl2N3O3. The molecule has 6 nitrogen and oxygen atoms in total. The Morgan fingerprint density at radius 2 is 1.87 bits per heavy atom. The van der Waals surface area contributed by atoms with E-state index in [1.165, 1.54) is 12.1 Å². The van der Waals surface area contributed by atoms with E-state index in [0.717, 1.165) is 22.5 Å². The lowest BCUT2D eigenvalue weighted by atomic mass is 10.0. The third-order valence-corrected chi connectivity index (χ3v) is 5.79. The van der Waals surface area contributed by atoms with Crippen molar-refractivity contribution >= 4 is 52.1 Å². The molecule has 1 aromatic heterocycles. The van der Waals surface area contributed by atoms with Crippen molar-refractivity contribution < 1.29 is 9.72 Å². The summed E-state index contributed by atoms with van der Waals surface area (Å²) in [6, 6.07) is 11.6. The number of rotatable bonds is 4. The van der Waals surface area contributed by atoms with Crippen LogP contribution in [0.4, 0.5) is 11.4 Å². The lowest BCUT2D eigenvalue weighted by Crippen LogP contribution is -2.25. The second-order valence-corrected chi connectivity index (χ2v) is 8.02. The van der Waals surface area contributed by atoms with Gasteiger partial charge in [-0.1, -0.05) is 29.3 Å². The van der Waals surface area contributed by atoms with Gasteiger partial charge in [0.05, 0.1) is 32.8 Å². The molecule has 3 aromatic rings. The number of carbonyl (C=O) groups is 1. The van der Waals surface area contributed by atoms with Gasteiger partial charge in [0, 0.05) is 29.1 Å². The molecule has 0 atom stereocenters. The molecule has 0 aliphatic carbocycles. The molecule has 0 fully saturated rings. The second-order valence-electron chi connectivity index (χ2n) is 7.21. The Bertz CT molecular complexity index is 1230. The number of carbonyl (C=O) groups excluding carboxylic acids is 1. The van der Waals surface area contributed by atoms with Crippen molar-refractivity contribution in [1.29, 1.82) is 0 Å². The molecule has 152 valence electrons. The predicted molar refractivity (Wildman–Crippen MR) is 119 cm³/mol. The fourth-order valence-corrected chi connectivity index (χ4v) is 3.94. The normalized spacial score (nSPS) is 14.5. The van der Waals surface area contributed by atoms with Crippen LogP contribution in [0.25, 0.3) is 11.6 Å². The molecule has 30 heavy (non-hydrogen) atoms. The van der Waals surface area contributed by atoms with Gasteiger partial charge in [-0.25, -0.2) is 0 Å². The van der Waals surface area contributed by atoms with Gasteiger partial charge in [-0.2, -0.15) is 0 Å². The third kappa shape index (κ3) is 3.60. The van der Waals surface area contributed by atoms with E-state index >= 15 is 0 Å². The average molecular weight is 442 g/mol. The summed E-state index contributed by atoms with van der Waals surface area (Å²) in [4.78, 5) is 29.0. The Hall–Kier alpha value is -3.09. The largest absolute Gasteiger partial charge is 0.359 e. The number of nitro benzene ring substituents is 1. The molecule has 0 spiro atoms. The summed E-state index contributed by atoms with van der Waals surface area (Å²) >= 11 is 12.1. The minimum atomic E-state index is -0.464. The SMILES string of the molecule is Cc1cc(C)c(C=C2C(=O)N(Cc3ccc(Cl)c(Cl)c3)c3ccc([N+](=O)[O-])cc32)[nH]1. The zero-order valence-electron chi connectivity index (χ0n) is 16.2. The van der Waals surface area contributed by atoms with Gasteiger partial charge >= 0.3 is 0 Å². The number of anilines is 1. The third-order valence-electron chi connectivity index (χ3n) is 5.05. The number of benzene rings is 2. The van der Waals surface area contributed by atoms with Crippen LogP contribution in [0, 0.1) is 24.0 Å². The predicted octanol–water partition coefficient (Wildman–Crippen LogP) is 5.93. The number of amides is 1. The van der Waals surface area contributed by atoms with Gasteiger partial charge in [0.1, 0.15) is 0 Å². The van der Waals surface area contributed by atoms with Gasteiger partial charge in [0.2, 0.25) is 0 Å².